The first kappa shape index (κ1) is 18.4. The standard InChI is InChI=1S/C18H12N2O.C2H6.2CH4/c1-2-6-13-11(5-1)12-9-18-16(10-15(12)19-13)20-14-7-3-4-8-17(14)21-18;1-2;;/h1-10,19-20H;1-2H3;2*1H4. The van der Waals surface area contributed by atoms with E-state index in [4.69, 9.17) is 4.74 Å². The lowest BCUT2D eigenvalue weighted by molar-refractivity contribution is 0.482. The number of anilines is 2. The number of benzene rings is 3. The van der Waals surface area contributed by atoms with Gasteiger partial charge in [0.1, 0.15) is 0 Å². The Morgan fingerprint density at radius 3 is 2.24 bits per heavy atom. The number of hydrogen-bond acceptors (Lipinski definition) is 2. The summed E-state index contributed by atoms with van der Waals surface area (Å²) in [6.45, 7) is 4.00. The molecule has 130 valence electrons. The fraction of sp³-hybridized carbons (Fsp3) is 0.182. The average molecular weight is 334 g/mol. The van der Waals surface area contributed by atoms with E-state index >= 15 is 0 Å². The second kappa shape index (κ2) is 7.31. The monoisotopic (exact) mass is 334 g/mol. The number of fused-ring (bicyclic) bond motifs is 5. The molecule has 0 atom stereocenters. The summed E-state index contributed by atoms with van der Waals surface area (Å²) in [5.74, 6) is 1.73. The van der Waals surface area contributed by atoms with Crippen LogP contribution in [0.2, 0.25) is 0 Å². The molecule has 2 heterocycles. The van der Waals surface area contributed by atoms with Crippen LogP contribution in [0.5, 0.6) is 11.5 Å². The van der Waals surface area contributed by atoms with E-state index < -0.39 is 0 Å². The van der Waals surface area contributed by atoms with Gasteiger partial charge in [0.05, 0.1) is 11.4 Å². The van der Waals surface area contributed by atoms with Crippen LogP contribution in [0.15, 0.2) is 60.7 Å². The molecule has 0 bridgehead atoms. The second-order valence-corrected chi connectivity index (χ2v) is 5.29. The fourth-order valence-corrected chi connectivity index (χ4v) is 2.98. The molecule has 1 aliphatic heterocycles. The molecule has 2 N–H and O–H groups in total. The molecule has 0 unspecified atom stereocenters. The summed E-state index contributed by atoms with van der Waals surface area (Å²) in [7, 11) is 0. The zero-order valence-electron chi connectivity index (χ0n) is 13.2. The van der Waals surface area contributed by atoms with E-state index in [0.29, 0.717) is 0 Å². The maximum Gasteiger partial charge on any atom is 0.151 e. The number of nitrogens with one attached hydrogen (secondary N) is 2. The van der Waals surface area contributed by atoms with Crippen molar-refractivity contribution in [3.05, 3.63) is 60.7 Å². The van der Waals surface area contributed by atoms with Crippen molar-refractivity contribution in [3.8, 4) is 11.5 Å². The molecule has 0 amide bonds. The van der Waals surface area contributed by atoms with Crippen LogP contribution in [-0.4, -0.2) is 4.98 Å². The number of H-pyrrole nitrogens is 1. The number of hydrogen-bond donors (Lipinski definition) is 2. The van der Waals surface area contributed by atoms with Crippen LogP contribution >= 0.6 is 0 Å². The average Bonchev–Trinajstić information content (AvgIpc) is 2.97. The molecule has 1 aliphatic rings. The van der Waals surface area contributed by atoms with E-state index in [1.165, 1.54) is 10.8 Å². The first-order valence-electron chi connectivity index (χ1n) is 7.97. The van der Waals surface area contributed by atoms with Crippen molar-refractivity contribution in [1.82, 2.24) is 4.98 Å². The number of rotatable bonds is 0. The molecule has 3 aromatic carbocycles. The quantitative estimate of drug-likeness (QED) is 0.308. The first-order chi connectivity index (χ1) is 11.4. The van der Waals surface area contributed by atoms with Gasteiger partial charge < -0.3 is 15.0 Å². The highest BCUT2D eigenvalue weighted by molar-refractivity contribution is 6.09. The molecule has 3 heteroatoms. The zero-order valence-corrected chi connectivity index (χ0v) is 13.2. The molecule has 5 rings (SSSR count). The lowest BCUT2D eigenvalue weighted by atomic mass is 10.1. The molecular weight excluding hydrogens is 308 g/mol. The Labute approximate surface area is 149 Å². The van der Waals surface area contributed by atoms with Gasteiger partial charge in [0.2, 0.25) is 0 Å². The molecule has 0 saturated heterocycles. The van der Waals surface area contributed by atoms with Crippen LogP contribution in [0.1, 0.15) is 28.7 Å². The Morgan fingerprint density at radius 1 is 0.680 bits per heavy atom. The first-order valence-corrected chi connectivity index (χ1v) is 7.97. The van der Waals surface area contributed by atoms with E-state index in [2.05, 4.69) is 40.6 Å². The summed E-state index contributed by atoms with van der Waals surface area (Å²) in [5.41, 5.74) is 4.26. The molecule has 25 heavy (non-hydrogen) atoms. The van der Waals surface area contributed by atoms with Crippen molar-refractivity contribution >= 4 is 33.2 Å². The molecule has 0 aliphatic carbocycles. The maximum atomic E-state index is 6.03. The second-order valence-electron chi connectivity index (χ2n) is 5.29. The third-order valence-corrected chi connectivity index (χ3v) is 3.98. The van der Waals surface area contributed by atoms with Gasteiger partial charge >= 0.3 is 0 Å². The van der Waals surface area contributed by atoms with Gasteiger partial charge in [-0.25, -0.2) is 0 Å². The van der Waals surface area contributed by atoms with Gasteiger partial charge in [-0.2, -0.15) is 0 Å². The Bertz CT molecular complexity index is 1000. The Balaban J connectivity index is 0.000000545. The van der Waals surface area contributed by atoms with Crippen molar-refractivity contribution in [2.24, 2.45) is 0 Å². The van der Waals surface area contributed by atoms with Gasteiger partial charge in [-0.15, -0.1) is 0 Å². The van der Waals surface area contributed by atoms with E-state index in [1.807, 2.05) is 44.2 Å². The zero-order chi connectivity index (χ0) is 15.8. The van der Waals surface area contributed by atoms with E-state index in [0.717, 1.165) is 33.9 Å². The molecule has 3 nitrogen and oxygen atoms in total. The normalized spacial score (nSPS) is 10.8. The highest BCUT2D eigenvalue weighted by atomic mass is 16.5. The lowest BCUT2D eigenvalue weighted by Gasteiger charge is -2.21. The summed E-state index contributed by atoms with van der Waals surface area (Å²) in [6.07, 6.45) is 0. The van der Waals surface area contributed by atoms with Crippen LogP contribution in [0.4, 0.5) is 11.4 Å². The number of para-hydroxylation sites is 3. The summed E-state index contributed by atoms with van der Waals surface area (Å²) in [5, 5.41) is 5.84. The van der Waals surface area contributed by atoms with Crippen molar-refractivity contribution in [2.45, 2.75) is 28.7 Å². The summed E-state index contributed by atoms with van der Waals surface area (Å²) in [6, 6.07) is 20.5. The van der Waals surface area contributed by atoms with Crippen LogP contribution < -0.4 is 10.1 Å². The van der Waals surface area contributed by atoms with Crippen LogP contribution in [-0.2, 0) is 0 Å². The topological polar surface area (TPSA) is 37.0 Å². The van der Waals surface area contributed by atoms with E-state index in [9.17, 15) is 0 Å². The highest BCUT2D eigenvalue weighted by Crippen LogP contribution is 2.44. The van der Waals surface area contributed by atoms with Gasteiger partial charge in [-0.05, 0) is 30.3 Å². The van der Waals surface area contributed by atoms with Gasteiger partial charge in [0, 0.05) is 21.8 Å². The SMILES string of the molecule is C.C.CC.c1ccc2c(c1)Nc1cc3[nH]c4ccccc4c3cc1O2. The fourth-order valence-electron chi connectivity index (χ4n) is 2.98. The largest absolute Gasteiger partial charge is 0.453 e. The molecule has 0 saturated carbocycles. The van der Waals surface area contributed by atoms with Crippen molar-refractivity contribution in [2.75, 3.05) is 5.32 Å². The molecule has 0 fully saturated rings. The summed E-state index contributed by atoms with van der Waals surface area (Å²) >= 11 is 0. The van der Waals surface area contributed by atoms with Gasteiger partial charge in [-0.1, -0.05) is 59.0 Å². The smallest absolute Gasteiger partial charge is 0.151 e. The van der Waals surface area contributed by atoms with Crippen LogP contribution in [0, 0.1) is 0 Å². The Hall–Kier alpha value is -2.94. The molecule has 0 spiro atoms. The third-order valence-electron chi connectivity index (χ3n) is 3.98. The minimum absolute atomic E-state index is 0. The van der Waals surface area contributed by atoms with Gasteiger partial charge in [0.15, 0.2) is 11.5 Å². The van der Waals surface area contributed by atoms with Gasteiger partial charge in [0.25, 0.3) is 0 Å². The molecular formula is C22H26N2O. The Morgan fingerprint density at radius 2 is 1.40 bits per heavy atom. The lowest BCUT2D eigenvalue weighted by Crippen LogP contribution is -2.02. The van der Waals surface area contributed by atoms with E-state index in [1.54, 1.807) is 0 Å². The highest BCUT2D eigenvalue weighted by Gasteiger charge is 2.17. The predicted octanol–water partition coefficient (Wildman–Crippen LogP) is 7.47. The minimum atomic E-state index is 0. The number of aromatic amines is 1. The molecule has 4 aromatic rings. The third kappa shape index (κ3) is 2.93. The Kier molecular flexibility index (Phi) is 5.38. The molecule has 0 radical (unpaired) electrons. The molecule has 1 aromatic heterocycles. The van der Waals surface area contributed by atoms with Gasteiger partial charge in [-0.3, -0.25) is 0 Å². The van der Waals surface area contributed by atoms with E-state index in [-0.39, 0.29) is 14.9 Å². The van der Waals surface area contributed by atoms with Crippen LogP contribution in [0.25, 0.3) is 21.8 Å². The van der Waals surface area contributed by atoms with Crippen LogP contribution in [0.3, 0.4) is 0 Å². The summed E-state index contributed by atoms with van der Waals surface area (Å²) < 4.78 is 6.03. The predicted molar refractivity (Wildman–Crippen MR) is 110 cm³/mol. The van der Waals surface area contributed by atoms with Crippen molar-refractivity contribution in [1.29, 1.82) is 0 Å². The number of ether oxygens (including phenoxy) is 1. The van der Waals surface area contributed by atoms with Crippen molar-refractivity contribution < 1.29 is 4.74 Å². The maximum absolute atomic E-state index is 6.03. The minimum Gasteiger partial charge on any atom is -0.453 e. The number of aromatic nitrogens is 1. The van der Waals surface area contributed by atoms with Crippen molar-refractivity contribution in [3.63, 3.8) is 0 Å². The summed E-state index contributed by atoms with van der Waals surface area (Å²) in [4.78, 5) is 3.46.